The van der Waals surface area contributed by atoms with Crippen LogP contribution in [0.3, 0.4) is 0 Å². The van der Waals surface area contributed by atoms with Crippen molar-refractivity contribution in [1.29, 1.82) is 0 Å². The first-order chi connectivity index (χ1) is 11.0. The Morgan fingerprint density at radius 1 is 1.17 bits per heavy atom. The zero-order valence-corrected chi connectivity index (χ0v) is 13.9. The monoisotopic (exact) mass is 331 g/mol. The van der Waals surface area contributed by atoms with E-state index < -0.39 is 0 Å². The fourth-order valence-electron chi connectivity index (χ4n) is 2.14. The first kappa shape index (κ1) is 17.3. The van der Waals surface area contributed by atoms with Gasteiger partial charge in [0.25, 0.3) is 0 Å². The number of carbonyl (C=O) groups excluding carboxylic acids is 1. The standard InChI is InChI=1S/C18H22ClN3O/c1-13(20)7-10-18(23)22-17-11-15(19)8-9-16(17)21-12-14-5-3-2-4-6-14/h2-6,8-9,11,13,21H,7,10,12,20H2,1H3,(H,22,23). The van der Waals surface area contributed by atoms with Gasteiger partial charge in [0, 0.05) is 24.0 Å². The Morgan fingerprint density at radius 2 is 1.91 bits per heavy atom. The smallest absolute Gasteiger partial charge is 0.224 e. The fourth-order valence-corrected chi connectivity index (χ4v) is 2.31. The van der Waals surface area contributed by atoms with Crippen molar-refractivity contribution in [1.82, 2.24) is 0 Å². The number of halogens is 1. The van der Waals surface area contributed by atoms with Crippen LogP contribution in [0.2, 0.25) is 5.02 Å². The molecule has 0 saturated heterocycles. The maximum absolute atomic E-state index is 12.0. The lowest BCUT2D eigenvalue weighted by Crippen LogP contribution is -2.20. The van der Waals surface area contributed by atoms with E-state index in [4.69, 9.17) is 17.3 Å². The van der Waals surface area contributed by atoms with Crippen LogP contribution in [0.4, 0.5) is 11.4 Å². The third-order valence-electron chi connectivity index (χ3n) is 3.41. The normalized spacial score (nSPS) is 11.8. The number of amides is 1. The third kappa shape index (κ3) is 5.93. The highest BCUT2D eigenvalue weighted by atomic mass is 35.5. The Balaban J connectivity index is 2.03. The van der Waals surface area contributed by atoms with Crippen LogP contribution < -0.4 is 16.4 Å². The molecule has 2 rings (SSSR count). The van der Waals surface area contributed by atoms with Gasteiger partial charge in [0.1, 0.15) is 0 Å². The van der Waals surface area contributed by atoms with Gasteiger partial charge in [-0.25, -0.2) is 0 Å². The molecule has 4 N–H and O–H groups in total. The molecule has 2 aromatic carbocycles. The zero-order valence-electron chi connectivity index (χ0n) is 13.2. The van der Waals surface area contributed by atoms with Gasteiger partial charge < -0.3 is 16.4 Å². The van der Waals surface area contributed by atoms with E-state index in [9.17, 15) is 4.79 Å². The first-order valence-corrected chi connectivity index (χ1v) is 8.05. The molecule has 0 fully saturated rings. The van der Waals surface area contributed by atoms with Gasteiger partial charge in [-0.3, -0.25) is 4.79 Å². The number of nitrogens with one attached hydrogen (secondary N) is 2. The molecule has 1 atom stereocenters. The molecule has 0 aromatic heterocycles. The van der Waals surface area contributed by atoms with Gasteiger partial charge in [0.05, 0.1) is 11.4 Å². The molecule has 23 heavy (non-hydrogen) atoms. The Kier molecular flexibility index (Phi) is 6.44. The minimum Gasteiger partial charge on any atom is -0.379 e. The van der Waals surface area contributed by atoms with Gasteiger partial charge in [-0.05, 0) is 37.1 Å². The molecule has 4 nitrogen and oxygen atoms in total. The van der Waals surface area contributed by atoms with Crippen LogP contribution >= 0.6 is 11.6 Å². The number of carbonyl (C=O) groups is 1. The van der Waals surface area contributed by atoms with Crippen molar-refractivity contribution in [2.45, 2.75) is 32.4 Å². The Labute approximate surface area is 142 Å². The second kappa shape index (κ2) is 8.56. The van der Waals surface area contributed by atoms with Gasteiger partial charge in [-0.2, -0.15) is 0 Å². The topological polar surface area (TPSA) is 67.2 Å². The van der Waals surface area contributed by atoms with E-state index in [1.807, 2.05) is 43.3 Å². The molecule has 122 valence electrons. The average Bonchev–Trinajstić information content (AvgIpc) is 2.53. The second-order valence-electron chi connectivity index (χ2n) is 5.59. The predicted octanol–water partition coefficient (Wildman–Crippen LogP) is 4.02. The summed E-state index contributed by atoms with van der Waals surface area (Å²) in [6.07, 6.45) is 1.04. The van der Waals surface area contributed by atoms with Crippen molar-refractivity contribution in [2.75, 3.05) is 10.6 Å². The van der Waals surface area contributed by atoms with Crippen LogP contribution in [-0.4, -0.2) is 11.9 Å². The summed E-state index contributed by atoms with van der Waals surface area (Å²) < 4.78 is 0. The molecule has 1 amide bonds. The highest BCUT2D eigenvalue weighted by Gasteiger charge is 2.09. The number of hydrogen-bond acceptors (Lipinski definition) is 3. The summed E-state index contributed by atoms with van der Waals surface area (Å²) in [6.45, 7) is 2.56. The largest absolute Gasteiger partial charge is 0.379 e. The summed E-state index contributed by atoms with van der Waals surface area (Å²) in [5, 5.41) is 6.81. The molecule has 0 spiro atoms. The first-order valence-electron chi connectivity index (χ1n) is 7.67. The summed E-state index contributed by atoms with van der Waals surface area (Å²) in [6, 6.07) is 15.5. The van der Waals surface area contributed by atoms with Crippen molar-refractivity contribution in [3.63, 3.8) is 0 Å². The van der Waals surface area contributed by atoms with E-state index in [-0.39, 0.29) is 11.9 Å². The molecule has 0 bridgehead atoms. The Morgan fingerprint density at radius 3 is 2.61 bits per heavy atom. The summed E-state index contributed by atoms with van der Waals surface area (Å²) in [7, 11) is 0. The summed E-state index contributed by atoms with van der Waals surface area (Å²) in [5.74, 6) is -0.0627. The van der Waals surface area contributed by atoms with E-state index in [1.165, 1.54) is 0 Å². The fraction of sp³-hybridized carbons (Fsp3) is 0.278. The Bertz CT molecular complexity index is 644. The van der Waals surface area contributed by atoms with E-state index in [2.05, 4.69) is 10.6 Å². The van der Waals surface area contributed by atoms with Gasteiger partial charge in [-0.1, -0.05) is 41.9 Å². The van der Waals surface area contributed by atoms with Crippen molar-refractivity contribution in [3.8, 4) is 0 Å². The van der Waals surface area contributed by atoms with Crippen LogP contribution in [0.15, 0.2) is 48.5 Å². The number of anilines is 2. The minimum atomic E-state index is -0.0627. The lowest BCUT2D eigenvalue weighted by molar-refractivity contribution is -0.116. The molecule has 0 aliphatic rings. The molecule has 0 saturated carbocycles. The van der Waals surface area contributed by atoms with Crippen molar-refractivity contribution < 1.29 is 4.79 Å². The molecule has 5 heteroatoms. The molecule has 0 aliphatic heterocycles. The number of rotatable bonds is 7. The zero-order chi connectivity index (χ0) is 16.7. The van der Waals surface area contributed by atoms with Crippen molar-refractivity contribution in [3.05, 3.63) is 59.1 Å². The van der Waals surface area contributed by atoms with Gasteiger partial charge in [0.15, 0.2) is 0 Å². The second-order valence-corrected chi connectivity index (χ2v) is 6.03. The van der Waals surface area contributed by atoms with Crippen molar-refractivity contribution >= 4 is 28.9 Å². The van der Waals surface area contributed by atoms with Crippen LogP contribution in [0.25, 0.3) is 0 Å². The van der Waals surface area contributed by atoms with Crippen LogP contribution in [-0.2, 0) is 11.3 Å². The molecule has 0 aliphatic carbocycles. The average molecular weight is 332 g/mol. The Hall–Kier alpha value is -2.04. The summed E-state index contributed by atoms with van der Waals surface area (Å²) in [5.41, 5.74) is 8.37. The lowest BCUT2D eigenvalue weighted by Gasteiger charge is -2.14. The van der Waals surface area contributed by atoms with Gasteiger partial charge >= 0.3 is 0 Å². The highest BCUT2D eigenvalue weighted by molar-refractivity contribution is 6.31. The molecular formula is C18H22ClN3O. The SMILES string of the molecule is CC(N)CCC(=O)Nc1cc(Cl)ccc1NCc1ccccc1. The van der Waals surface area contributed by atoms with E-state index >= 15 is 0 Å². The summed E-state index contributed by atoms with van der Waals surface area (Å²) >= 11 is 6.05. The highest BCUT2D eigenvalue weighted by Crippen LogP contribution is 2.26. The van der Waals surface area contributed by atoms with Gasteiger partial charge in [0.2, 0.25) is 5.91 Å². The van der Waals surface area contributed by atoms with Crippen LogP contribution in [0, 0.1) is 0 Å². The molecule has 0 heterocycles. The van der Waals surface area contributed by atoms with E-state index in [1.54, 1.807) is 12.1 Å². The summed E-state index contributed by atoms with van der Waals surface area (Å²) in [4.78, 5) is 12.0. The molecule has 2 aromatic rings. The number of benzene rings is 2. The quantitative estimate of drug-likeness (QED) is 0.718. The number of hydrogen-bond donors (Lipinski definition) is 3. The lowest BCUT2D eigenvalue weighted by atomic mass is 10.2. The third-order valence-corrected chi connectivity index (χ3v) is 3.64. The molecule has 0 radical (unpaired) electrons. The maximum Gasteiger partial charge on any atom is 0.224 e. The maximum atomic E-state index is 12.0. The minimum absolute atomic E-state index is 0.00999. The van der Waals surface area contributed by atoms with E-state index in [0.717, 1.165) is 11.3 Å². The van der Waals surface area contributed by atoms with E-state index in [0.29, 0.717) is 30.1 Å². The van der Waals surface area contributed by atoms with Crippen molar-refractivity contribution in [2.24, 2.45) is 5.73 Å². The van der Waals surface area contributed by atoms with Crippen LogP contribution in [0.5, 0.6) is 0 Å². The molecule has 1 unspecified atom stereocenters. The molecular weight excluding hydrogens is 310 g/mol. The van der Waals surface area contributed by atoms with Gasteiger partial charge in [-0.15, -0.1) is 0 Å². The van der Waals surface area contributed by atoms with Crippen LogP contribution in [0.1, 0.15) is 25.3 Å². The predicted molar refractivity (Wildman–Crippen MR) is 96.7 cm³/mol. The number of nitrogens with two attached hydrogens (primary N) is 1.